The molecule has 0 radical (unpaired) electrons. The van der Waals surface area contributed by atoms with Gasteiger partial charge in [-0.25, -0.2) is 0 Å². The largest absolute Gasteiger partial charge is 0.472 e. The highest BCUT2D eigenvalue weighted by molar-refractivity contribution is 5.87. The first kappa shape index (κ1) is 21.7. The summed E-state index contributed by atoms with van der Waals surface area (Å²) in [6.07, 6.45) is 4.90. The molecule has 32 heavy (non-hydrogen) atoms. The number of carbonyl (C=O) groups is 1. The zero-order valence-corrected chi connectivity index (χ0v) is 18.4. The number of anilines is 3. The molecule has 1 aromatic carbocycles. The van der Waals surface area contributed by atoms with Crippen molar-refractivity contribution in [1.82, 2.24) is 15.0 Å². The molecule has 1 aliphatic rings. The second kappa shape index (κ2) is 10.2. The Morgan fingerprint density at radius 3 is 2.72 bits per heavy atom. The van der Waals surface area contributed by atoms with E-state index in [1.807, 2.05) is 50.2 Å². The number of hydrogen-bond acceptors (Lipinski definition) is 7. The van der Waals surface area contributed by atoms with E-state index in [-0.39, 0.29) is 0 Å². The van der Waals surface area contributed by atoms with Crippen LogP contribution in [-0.4, -0.2) is 47.7 Å². The fraction of sp³-hybridized carbons (Fsp3) is 0.333. The SMILES string of the molecule is CCc1c(OCc2cccnc2)nc(N2CCOCC2)nc1N(C=O)c1cccc(C)c1. The molecular weight excluding hydrogens is 406 g/mol. The Kier molecular flexibility index (Phi) is 6.91. The average molecular weight is 434 g/mol. The molecule has 0 N–H and O–H groups in total. The minimum Gasteiger partial charge on any atom is -0.472 e. The number of rotatable bonds is 8. The second-order valence-corrected chi connectivity index (χ2v) is 7.55. The Morgan fingerprint density at radius 1 is 1.19 bits per heavy atom. The van der Waals surface area contributed by atoms with E-state index < -0.39 is 0 Å². The summed E-state index contributed by atoms with van der Waals surface area (Å²) < 4.78 is 11.6. The summed E-state index contributed by atoms with van der Waals surface area (Å²) in [5, 5.41) is 0. The number of amides is 1. The summed E-state index contributed by atoms with van der Waals surface area (Å²) in [6.45, 7) is 6.90. The van der Waals surface area contributed by atoms with Crippen molar-refractivity contribution in [2.24, 2.45) is 0 Å². The van der Waals surface area contributed by atoms with Crippen LogP contribution in [0.4, 0.5) is 17.5 Å². The summed E-state index contributed by atoms with van der Waals surface area (Å²) in [4.78, 5) is 29.6. The first-order valence-corrected chi connectivity index (χ1v) is 10.8. The number of aryl methyl sites for hydroxylation is 1. The highest BCUT2D eigenvalue weighted by Crippen LogP contribution is 2.34. The maximum atomic E-state index is 12.2. The Morgan fingerprint density at radius 2 is 2.03 bits per heavy atom. The molecule has 8 nitrogen and oxygen atoms in total. The lowest BCUT2D eigenvalue weighted by Gasteiger charge is -2.29. The zero-order chi connectivity index (χ0) is 22.3. The van der Waals surface area contributed by atoms with Crippen LogP contribution in [0.2, 0.25) is 0 Å². The minimum atomic E-state index is 0.325. The maximum absolute atomic E-state index is 12.2. The highest BCUT2D eigenvalue weighted by atomic mass is 16.5. The van der Waals surface area contributed by atoms with Gasteiger partial charge >= 0.3 is 0 Å². The molecule has 2 aromatic heterocycles. The number of hydrogen-bond donors (Lipinski definition) is 0. The van der Waals surface area contributed by atoms with Gasteiger partial charge in [-0.05, 0) is 37.1 Å². The molecule has 0 spiro atoms. The lowest BCUT2D eigenvalue weighted by atomic mass is 10.1. The number of aromatic nitrogens is 3. The van der Waals surface area contributed by atoms with Crippen molar-refractivity contribution >= 4 is 23.9 Å². The third-order valence-electron chi connectivity index (χ3n) is 5.29. The van der Waals surface area contributed by atoms with Crippen LogP contribution < -0.4 is 14.5 Å². The molecule has 3 heterocycles. The van der Waals surface area contributed by atoms with E-state index in [4.69, 9.17) is 19.4 Å². The van der Waals surface area contributed by atoms with Gasteiger partial charge in [-0.15, -0.1) is 0 Å². The van der Waals surface area contributed by atoms with Crippen LogP contribution >= 0.6 is 0 Å². The quantitative estimate of drug-likeness (QED) is 0.503. The molecule has 3 aromatic rings. The van der Waals surface area contributed by atoms with E-state index in [9.17, 15) is 4.79 Å². The molecule has 166 valence electrons. The van der Waals surface area contributed by atoms with Gasteiger partial charge in [0.15, 0.2) is 5.82 Å². The number of ether oxygens (including phenoxy) is 2. The highest BCUT2D eigenvalue weighted by Gasteiger charge is 2.24. The van der Waals surface area contributed by atoms with E-state index >= 15 is 0 Å². The van der Waals surface area contributed by atoms with E-state index in [2.05, 4.69) is 9.88 Å². The fourth-order valence-electron chi connectivity index (χ4n) is 3.62. The van der Waals surface area contributed by atoms with Crippen molar-refractivity contribution in [2.45, 2.75) is 26.9 Å². The normalized spacial score (nSPS) is 13.6. The van der Waals surface area contributed by atoms with Crippen molar-refractivity contribution in [2.75, 3.05) is 36.1 Å². The number of morpholine rings is 1. The van der Waals surface area contributed by atoms with E-state index in [0.29, 0.717) is 57.0 Å². The summed E-state index contributed by atoms with van der Waals surface area (Å²) in [5.41, 5.74) is 3.52. The summed E-state index contributed by atoms with van der Waals surface area (Å²) in [7, 11) is 0. The van der Waals surface area contributed by atoms with Crippen molar-refractivity contribution < 1.29 is 14.3 Å². The van der Waals surface area contributed by atoms with Gasteiger partial charge in [0.2, 0.25) is 18.2 Å². The monoisotopic (exact) mass is 433 g/mol. The Labute approximate surface area is 187 Å². The van der Waals surface area contributed by atoms with Crippen LogP contribution in [0.5, 0.6) is 5.88 Å². The van der Waals surface area contributed by atoms with Crippen LogP contribution in [0.1, 0.15) is 23.6 Å². The molecule has 0 bridgehead atoms. The van der Waals surface area contributed by atoms with Crippen molar-refractivity contribution in [3.8, 4) is 5.88 Å². The molecule has 1 saturated heterocycles. The van der Waals surface area contributed by atoms with E-state index in [1.165, 1.54) is 0 Å². The third kappa shape index (κ3) is 4.86. The molecule has 0 saturated carbocycles. The number of carbonyl (C=O) groups excluding carboxylic acids is 1. The van der Waals surface area contributed by atoms with Gasteiger partial charge in [0.25, 0.3) is 0 Å². The predicted molar refractivity (Wildman–Crippen MR) is 122 cm³/mol. The summed E-state index contributed by atoms with van der Waals surface area (Å²) in [5.74, 6) is 1.54. The fourth-order valence-corrected chi connectivity index (χ4v) is 3.62. The Bertz CT molecular complexity index is 1050. The average Bonchev–Trinajstić information content (AvgIpc) is 2.84. The molecule has 1 fully saturated rings. The number of pyridine rings is 1. The van der Waals surface area contributed by atoms with Crippen LogP contribution in [0, 0.1) is 6.92 Å². The van der Waals surface area contributed by atoms with Crippen molar-refractivity contribution in [3.05, 3.63) is 65.5 Å². The van der Waals surface area contributed by atoms with Crippen molar-refractivity contribution in [3.63, 3.8) is 0 Å². The van der Waals surface area contributed by atoms with Crippen LogP contribution in [-0.2, 0) is 22.6 Å². The van der Waals surface area contributed by atoms with Gasteiger partial charge < -0.3 is 14.4 Å². The third-order valence-corrected chi connectivity index (χ3v) is 5.29. The van der Waals surface area contributed by atoms with Crippen LogP contribution in [0.25, 0.3) is 0 Å². The van der Waals surface area contributed by atoms with Crippen molar-refractivity contribution in [1.29, 1.82) is 0 Å². The van der Waals surface area contributed by atoms with E-state index in [1.54, 1.807) is 17.3 Å². The smallest absolute Gasteiger partial charge is 0.230 e. The number of nitrogens with zero attached hydrogens (tertiary/aromatic N) is 5. The molecule has 0 aliphatic carbocycles. The zero-order valence-electron chi connectivity index (χ0n) is 18.4. The van der Waals surface area contributed by atoms with Gasteiger partial charge in [0.1, 0.15) is 6.61 Å². The molecule has 1 aliphatic heterocycles. The first-order valence-electron chi connectivity index (χ1n) is 10.8. The van der Waals surface area contributed by atoms with E-state index in [0.717, 1.165) is 28.8 Å². The van der Waals surface area contributed by atoms with Gasteiger partial charge in [-0.2, -0.15) is 9.97 Å². The Balaban J connectivity index is 1.77. The molecular formula is C24H27N5O3. The van der Waals surface area contributed by atoms with Gasteiger partial charge in [0, 0.05) is 31.0 Å². The molecule has 8 heteroatoms. The lowest BCUT2D eigenvalue weighted by molar-refractivity contribution is -0.106. The minimum absolute atomic E-state index is 0.325. The lowest BCUT2D eigenvalue weighted by Crippen LogP contribution is -2.37. The van der Waals surface area contributed by atoms with Crippen LogP contribution in [0.15, 0.2) is 48.8 Å². The molecule has 4 rings (SSSR count). The predicted octanol–water partition coefficient (Wildman–Crippen LogP) is 3.45. The Hall–Kier alpha value is -3.52. The number of benzene rings is 1. The van der Waals surface area contributed by atoms with Gasteiger partial charge in [0.05, 0.1) is 24.5 Å². The standard InChI is InChI=1S/C24H27N5O3/c1-3-21-22(29(17-30)20-8-4-6-18(2)14-20)26-24(28-10-12-31-13-11-28)27-23(21)32-16-19-7-5-9-25-15-19/h4-9,14-15,17H,3,10-13,16H2,1-2H3. The van der Waals surface area contributed by atoms with Gasteiger partial charge in [-0.3, -0.25) is 14.7 Å². The molecule has 0 atom stereocenters. The summed E-state index contributed by atoms with van der Waals surface area (Å²) in [6, 6.07) is 11.6. The molecule has 1 amide bonds. The first-order chi connectivity index (χ1) is 15.7. The topological polar surface area (TPSA) is 80.7 Å². The van der Waals surface area contributed by atoms with Gasteiger partial charge in [-0.1, -0.05) is 25.1 Å². The second-order valence-electron chi connectivity index (χ2n) is 7.55. The van der Waals surface area contributed by atoms with Crippen LogP contribution in [0.3, 0.4) is 0 Å². The maximum Gasteiger partial charge on any atom is 0.230 e. The summed E-state index contributed by atoms with van der Waals surface area (Å²) >= 11 is 0. The molecule has 0 unspecified atom stereocenters.